The van der Waals surface area contributed by atoms with Crippen LogP contribution in [0.25, 0.3) is 0 Å². The van der Waals surface area contributed by atoms with E-state index in [1.165, 1.54) is 16.7 Å². The minimum Gasteiger partial charge on any atom is -0.380 e. The third kappa shape index (κ3) is 5.69. The van der Waals surface area contributed by atoms with Crippen molar-refractivity contribution in [1.82, 2.24) is 4.90 Å². The van der Waals surface area contributed by atoms with Gasteiger partial charge in [-0.15, -0.1) is 0 Å². The molecule has 2 rings (SSSR count). The molecule has 2 heteroatoms. The van der Waals surface area contributed by atoms with Crippen LogP contribution in [0.15, 0.2) is 48.5 Å². The summed E-state index contributed by atoms with van der Waals surface area (Å²) in [5, 5.41) is 0. The molecule has 2 aromatic rings. The molecule has 0 bridgehead atoms. The maximum Gasteiger partial charge on any atom is 0.0713 e. The highest BCUT2D eigenvalue weighted by Crippen LogP contribution is 2.29. The zero-order valence-corrected chi connectivity index (χ0v) is 16.3. The van der Waals surface area contributed by atoms with Crippen molar-refractivity contribution in [3.05, 3.63) is 71.3 Å². The van der Waals surface area contributed by atoms with Gasteiger partial charge in [-0.3, -0.25) is 4.90 Å². The fraction of sp³-hybridized carbons (Fsp3) is 0.478. The van der Waals surface area contributed by atoms with Crippen molar-refractivity contribution in [2.45, 2.75) is 58.7 Å². The summed E-state index contributed by atoms with van der Waals surface area (Å²) in [5.74, 6) is 0.359. The molecule has 0 fully saturated rings. The first kappa shape index (κ1) is 19.7. The molecule has 0 saturated heterocycles. The molecule has 0 amide bonds. The molecule has 2 aromatic carbocycles. The van der Waals surface area contributed by atoms with Gasteiger partial charge in [-0.2, -0.15) is 0 Å². The van der Waals surface area contributed by atoms with E-state index in [9.17, 15) is 0 Å². The van der Waals surface area contributed by atoms with Crippen LogP contribution in [0.5, 0.6) is 0 Å². The van der Waals surface area contributed by atoms with E-state index in [4.69, 9.17) is 4.74 Å². The van der Waals surface area contributed by atoms with Gasteiger partial charge in [-0.1, -0.05) is 48.5 Å². The molecule has 0 spiro atoms. The van der Waals surface area contributed by atoms with Crippen LogP contribution in [0.1, 0.15) is 56.7 Å². The van der Waals surface area contributed by atoms with Crippen molar-refractivity contribution in [3.63, 3.8) is 0 Å². The highest BCUT2D eigenvalue weighted by molar-refractivity contribution is 5.34. The van der Waals surface area contributed by atoms with Crippen LogP contribution in [0.3, 0.4) is 0 Å². The van der Waals surface area contributed by atoms with Gasteiger partial charge in [0.15, 0.2) is 0 Å². The Kier molecular flexibility index (Phi) is 7.67. The number of rotatable bonds is 9. The Morgan fingerprint density at radius 3 is 2.28 bits per heavy atom. The molecule has 0 aliphatic rings. The standard InChI is InChI=1S/C23H32NO/c1-18(2)24(19(3)4)15-14-23(21-11-7-6-8-12-21)22-13-9-10-20(16-22)17-25-5/h6-12,16,18-19,23H,14-15,17H2,1-5H3. The fourth-order valence-electron chi connectivity index (χ4n) is 3.57. The summed E-state index contributed by atoms with van der Waals surface area (Å²) in [5.41, 5.74) is 3.83. The summed E-state index contributed by atoms with van der Waals surface area (Å²) in [6.07, 6.45) is 1.09. The average Bonchev–Trinajstić information content (AvgIpc) is 2.59. The lowest BCUT2D eigenvalue weighted by Gasteiger charge is -2.32. The first-order valence-corrected chi connectivity index (χ1v) is 9.33. The molecule has 0 N–H and O–H groups in total. The van der Waals surface area contributed by atoms with E-state index in [-0.39, 0.29) is 0 Å². The van der Waals surface area contributed by atoms with Crippen LogP contribution < -0.4 is 0 Å². The molecule has 2 nitrogen and oxygen atoms in total. The third-order valence-electron chi connectivity index (χ3n) is 4.78. The molecule has 135 valence electrons. The Morgan fingerprint density at radius 2 is 1.68 bits per heavy atom. The summed E-state index contributed by atoms with van der Waals surface area (Å²) in [6, 6.07) is 21.8. The quantitative estimate of drug-likeness (QED) is 0.617. The van der Waals surface area contributed by atoms with Gasteiger partial charge >= 0.3 is 0 Å². The lowest BCUT2D eigenvalue weighted by molar-refractivity contribution is 0.170. The molecular weight excluding hydrogens is 306 g/mol. The number of nitrogens with zero attached hydrogens (tertiary/aromatic N) is 1. The minimum absolute atomic E-state index is 0.359. The average molecular weight is 339 g/mol. The Morgan fingerprint density at radius 1 is 1.00 bits per heavy atom. The van der Waals surface area contributed by atoms with Gasteiger partial charge in [0.1, 0.15) is 0 Å². The number of benzene rings is 2. The van der Waals surface area contributed by atoms with Gasteiger partial charge in [0.05, 0.1) is 6.61 Å². The van der Waals surface area contributed by atoms with Crippen LogP contribution in [0.2, 0.25) is 0 Å². The first-order valence-electron chi connectivity index (χ1n) is 9.33. The highest BCUT2D eigenvalue weighted by Gasteiger charge is 2.19. The number of ether oxygens (including phenoxy) is 1. The summed E-state index contributed by atoms with van der Waals surface area (Å²) < 4.78 is 5.31. The minimum atomic E-state index is 0.359. The molecule has 0 saturated carbocycles. The van der Waals surface area contributed by atoms with Crippen molar-refractivity contribution in [1.29, 1.82) is 0 Å². The summed E-state index contributed by atoms with van der Waals surface area (Å²) in [4.78, 5) is 2.56. The van der Waals surface area contributed by atoms with Crippen LogP contribution in [-0.4, -0.2) is 30.6 Å². The summed E-state index contributed by atoms with van der Waals surface area (Å²) in [6.45, 7) is 10.8. The van der Waals surface area contributed by atoms with Crippen LogP contribution in [0, 0.1) is 6.07 Å². The van der Waals surface area contributed by atoms with Gasteiger partial charge in [0.2, 0.25) is 0 Å². The van der Waals surface area contributed by atoms with E-state index in [0.717, 1.165) is 13.0 Å². The van der Waals surface area contributed by atoms with E-state index in [0.29, 0.717) is 24.6 Å². The monoisotopic (exact) mass is 338 g/mol. The molecule has 0 heterocycles. The van der Waals surface area contributed by atoms with Crippen LogP contribution in [0.4, 0.5) is 0 Å². The molecule has 0 aromatic heterocycles. The van der Waals surface area contributed by atoms with Gasteiger partial charge in [0.25, 0.3) is 0 Å². The van der Waals surface area contributed by atoms with Gasteiger partial charge in [-0.05, 0) is 63.4 Å². The second kappa shape index (κ2) is 9.74. The number of hydrogen-bond donors (Lipinski definition) is 0. The molecule has 0 aliphatic heterocycles. The lowest BCUT2D eigenvalue weighted by atomic mass is 9.87. The Bertz CT molecular complexity index is 613. The summed E-state index contributed by atoms with van der Waals surface area (Å²) in [7, 11) is 1.74. The van der Waals surface area contributed by atoms with Gasteiger partial charge in [-0.25, -0.2) is 0 Å². The molecule has 1 atom stereocenters. The SMILES string of the molecule is COCc1cc[c]c(C(CCN(C(C)C)C(C)C)c2ccccc2)c1. The predicted molar refractivity (Wildman–Crippen MR) is 106 cm³/mol. The Hall–Kier alpha value is -1.64. The predicted octanol–water partition coefficient (Wildman–Crippen LogP) is 5.27. The largest absolute Gasteiger partial charge is 0.380 e. The third-order valence-corrected chi connectivity index (χ3v) is 4.78. The van der Waals surface area contributed by atoms with Crippen molar-refractivity contribution in [3.8, 4) is 0 Å². The van der Waals surface area contributed by atoms with E-state index in [1.54, 1.807) is 7.11 Å². The molecular formula is C23H32NO. The smallest absolute Gasteiger partial charge is 0.0713 e. The number of methoxy groups -OCH3 is 1. The summed E-state index contributed by atoms with van der Waals surface area (Å²) >= 11 is 0. The molecule has 0 aliphatic carbocycles. The van der Waals surface area contributed by atoms with Crippen molar-refractivity contribution < 1.29 is 4.74 Å². The van der Waals surface area contributed by atoms with Gasteiger partial charge in [0, 0.05) is 25.1 Å². The van der Waals surface area contributed by atoms with E-state index in [2.05, 4.69) is 81.1 Å². The van der Waals surface area contributed by atoms with Gasteiger partial charge < -0.3 is 4.74 Å². The van der Waals surface area contributed by atoms with Crippen molar-refractivity contribution in [2.75, 3.05) is 13.7 Å². The van der Waals surface area contributed by atoms with E-state index in [1.807, 2.05) is 6.07 Å². The first-order chi connectivity index (χ1) is 12.0. The van der Waals surface area contributed by atoms with Crippen LogP contribution in [-0.2, 0) is 11.3 Å². The maximum absolute atomic E-state index is 5.31. The molecule has 1 unspecified atom stereocenters. The lowest BCUT2D eigenvalue weighted by Crippen LogP contribution is -2.38. The number of hydrogen-bond acceptors (Lipinski definition) is 2. The normalized spacial score (nSPS) is 13.0. The Balaban J connectivity index is 2.26. The van der Waals surface area contributed by atoms with Crippen molar-refractivity contribution >= 4 is 0 Å². The zero-order chi connectivity index (χ0) is 18.2. The van der Waals surface area contributed by atoms with E-state index < -0.39 is 0 Å². The molecule has 25 heavy (non-hydrogen) atoms. The van der Waals surface area contributed by atoms with Crippen molar-refractivity contribution in [2.24, 2.45) is 0 Å². The second-order valence-corrected chi connectivity index (χ2v) is 7.26. The maximum atomic E-state index is 5.31. The second-order valence-electron chi connectivity index (χ2n) is 7.26. The molecule has 1 radical (unpaired) electrons. The topological polar surface area (TPSA) is 12.5 Å². The zero-order valence-electron chi connectivity index (χ0n) is 16.3. The highest BCUT2D eigenvalue weighted by atomic mass is 16.5. The fourth-order valence-corrected chi connectivity index (χ4v) is 3.57. The van der Waals surface area contributed by atoms with E-state index >= 15 is 0 Å². The Labute approximate surface area is 153 Å². The van der Waals surface area contributed by atoms with Crippen LogP contribution >= 0.6 is 0 Å².